The molecule has 0 aromatic heterocycles. The maximum absolute atomic E-state index is 11.2. The molecule has 0 saturated carbocycles. The molecule has 4 nitrogen and oxygen atoms in total. The van der Waals surface area contributed by atoms with Gasteiger partial charge in [0.25, 0.3) is 0 Å². The van der Waals surface area contributed by atoms with Crippen molar-refractivity contribution >= 4 is 5.78 Å². The molecule has 3 N–H and O–H groups in total. The van der Waals surface area contributed by atoms with E-state index in [1.54, 1.807) is 24.3 Å². The highest BCUT2D eigenvalue weighted by Gasteiger charge is 2.12. The molecule has 2 aromatic rings. The summed E-state index contributed by atoms with van der Waals surface area (Å²) in [4.78, 5) is 11.2. The first kappa shape index (κ1) is 17.2. The van der Waals surface area contributed by atoms with Gasteiger partial charge in [-0.25, -0.2) is 0 Å². The summed E-state index contributed by atoms with van der Waals surface area (Å²) < 4.78 is 5.56. The van der Waals surface area contributed by atoms with Gasteiger partial charge in [0.05, 0.1) is 0 Å². The Kier molecular flexibility index (Phi) is 6.32. The van der Waals surface area contributed by atoms with Gasteiger partial charge in [-0.15, -0.1) is 0 Å². The summed E-state index contributed by atoms with van der Waals surface area (Å²) >= 11 is 0. The highest BCUT2D eigenvalue weighted by Crippen LogP contribution is 2.12. The fourth-order valence-electron chi connectivity index (χ4n) is 2.30. The van der Waals surface area contributed by atoms with Gasteiger partial charge in [0, 0.05) is 11.1 Å². The van der Waals surface area contributed by atoms with Crippen LogP contribution in [0.1, 0.15) is 35.8 Å². The average molecular weight is 314 g/mol. The Balaban J connectivity index is 1.74. The van der Waals surface area contributed by atoms with Crippen LogP contribution in [0.3, 0.4) is 0 Å². The van der Waals surface area contributed by atoms with Crippen molar-refractivity contribution in [1.82, 2.24) is 0 Å². The summed E-state index contributed by atoms with van der Waals surface area (Å²) in [5.74, 6) is 0.686. The first-order chi connectivity index (χ1) is 11.1. The molecule has 0 aliphatic carbocycles. The van der Waals surface area contributed by atoms with Gasteiger partial charge in [-0.3, -0.25) is 4.79 Å². The quantitative estimate of drug-likeness (QED) is 0.732. The molecule has 0 aliphatic heterocycles. The molecule has 0 aliphatic rings. The highest BCUT2D eigenvalue weighted by atomic mass is 16.5. The molecule has 122 valence electrons. The highest BCUT2D eigenvalue weighted by molar-refractivity contribution is 5.94. The minimum atomic E-state index is -0.548. The first-order valence-electron chi connectivity index (χ1n) is 7.86. The maximum Gasteiger partial charge on any atom is 0.159 e. The number of carbonyl (C=O) groups is 1. The van der Waals surface area contributed by atoms with Crippen molar-refractivity contribution in [2.75, 3.05) is 13.2 Å². The molecule has 2 atom stereocenters. The van der Waals surface area contributed by atoms with Crippen molar-refractivity contribution in [1.29, 1.82) is 0 Å². The number of hydrogen-bond donors (Lipinski definition) is 2. The van der Waals surface area contributed by atoms with Crippen molar-refractivity contribution in [2.45, 2.75) is 26.0 Å². The van der Waals surface area contributed by atoms with E-state index in [1.807, 2.05) is 18.2 Å². The van der Waals surface area contributed by atoms with Gasteiger partial charge in [0.1, 0.15) is 31.0 Å². The number of hydrogen-bond acceptors (Lipinski definition) is 3. The summed E-state index contributed by atoms with van der Waals surface area (Å²) in [5, 5.41) is 12.1. The Hall–Kier alpha value is -2.17. The molecule has 0 unspecified atom stereocenters. The second kappa shape index (κ2) is 8.46. The number of Topliss-reactive ketones (excluding diaryl/α,β-unsaturated/α-hetero) is 1. The van der Waals surface area contributed by atoms with Gasteiger partial charge in [0.2, 0.25) is 0 Å². The number of nitrogens with two attached hydrogens (primary N) is 1. The van der Waals surface area contributed by atoms with Crippen LogP contribution in [0, 0.1) is 0 Å². The lowest BCUT2D eigenvalue weighted by molar-refractivity contribution is -0.698. The van der Waals surface area contributed by atoms with E-state index >= 15 is 0 Å². The molecule has 0 heterocycles. The van der Waals surface area contributed by atoms with Gasteiger partial charge in [-0.05, 0) is 38.1 Å². The van der Waals surface area contributed by atoms with Gasteiger partial charge >= 0.3 is 0 Å². The second-order valence-corrected chi connectivity index (χ2v) is 5.72. The molecule has 0 amide bonds. The zero-order chi connectivity index (χ0) is 16.7. The Morgan fingerprint density at radius 3 is 2.39 bits per heavy atom. The van der Waals surface area contributed by atoms with Crippen molar-refractivity contribution in [2.24, 2.45) is 0 Å². The van der Waals surface area contributed by atoms with Crippen LogP contribution in [-0.4, -0.2) is 30.1 Å². The largest absolute Gasteiger partial charge is 0.491 e. The van der Waals surface area contributed by atoms with Crippen LogP contribution in [0.4, 0.5) is 0 Å². The molecule has 0 spiro atoms. The summed E-state index contributed by atoms with van der Waals surface area (Å²) in [6.45, 7) is 4.45. The minimum Gasteiger partial charge on any atom is -0.491 e. The van der Waals surface area contributed by atoms with Crippen molar-refractivity contribution in [3.05, 3.63) is 65.7 Å². The number of aliphatic hydroxyl groups is 1. The number of quaternary nitrogens is 1. The van der Waals surface area contributed by atoms with Crippen molar-refractivity contribution in [3.63, 3.8) is 0 Å². The summed E-state index contributed by atoms with van der Waals surface area (Å²) in [7, 11) is 0. The third-order valence-electron chi connectivity index (χ3n) is 3.79. The third-order valence-corrected chi connectivity index (χ3v) is 3.79. The van der Waals surface area contributed by atoms with Gasteiger partial charge < -0.3 is 15.2 Å². The molecule has 0 fully saturated rings. The topological polar surface area (TPSA) is 63.1 Å². The fourth-order valence-corrected chi connectivity index (χ4v) is 2.30. The number of aliphatic hydroxyl groups excluding tert-OH is 1. The monoisotopic (exact) mass is 314 g/mol. The number of ketones is 1. The first-order valence-corrected chi connectivity index (χ1v) is 7.86. The minimum absolute atomic E-state index is 0.0288. The normalized spacial score (nSPS) is 13.3. The second-order valence-electron chi connectivity index (χ2n) is 5.72. The van der Waals surface area contributed by atoms with E-state index in [1.165, 1.54) is 12.5 Å². The standard InChI is InChI=1S/C19H23NO3/c1-14(16-6-4-3-5-7-16)20-12-18(22)13-23-19-10-8-17(9-11-19)15(2)21/h3-11,14,18,20,22H,12-13H2,1-2H3/p+1/t14-,18-/m0/s1. The molecule has 0 saturated heterocycles. The van der Waals surface area contributed by atoms with Crippen LogP contribution in [-0.2, 0) is 0 Å². The van der Waals surface area contributed by atoms with Crippen LogP contribution in [0.2, 0.25) is 0 Å². The number of benzene rings is 2. The molecule has 0 radical (unpaired) electrons. The summed E-state index contributed by atoms with van der Waals surface area (Å²) in [5.41, 5.74) is 1.89. The lowest BCUT2D eigenvalue weighted by atomic mass is 10.1. The zero-order valence-corrected chi connectivity index (χ0v) is 13.6. The maximum atomic E-state index is 11.2. The molecule has 2 rings (SSSR count). The fraction of sp³-hybridized carbons (Fsp3) is 0.316. The number of ether oxygens (including phenoxy) is 1. The van der Waals surface area contributed by atoms with E-state index in [9.17, 15) is 9.90 Å². The van der Waals surface area contributed by atoms with E-state index in [0.717, 1.165) is 0 Å². The van der Waals surface area contributed by atoms with Crippen LogP contribution in [0.25, 0.3) is 0 Å². The van der Waals surface area contributed by atoms with E-state index in [-0.39, 0.29) is 12.4 Å². The molecule has 0 bridgehead atoms. The lowest BCUT2D eigenvalue weighted by Gasteiger charge is -2.15. The van der Waals surface area contributed by atoms with Crippen LogP contribution >= 0.6 is 0 Å². The van der Waals surface area contributed by atoms with E-state index in [4.69, 9.17) is 4.74 Å². The van der Waals surface area contributed by atoms with Gasteiger partial charge in [0.15, 0.2) is 5.78 Å². The molecule has 4 heteroatoms. The summed E-state index contributed by atoms with van der Waals surface area (Å²) in [6.07, 6.45) is -0.548. The zero-order valence-electron chi connectivity index (χ0n) is 13.6. The Morgan fingerprint density at radius 1 is 1.13 bits per heavy atom. The summed E-state index contributed by atoms with van der Waals surface area (Å²) in [6, 6.07) is 17.5. The van der Waals surface area contributed by atoms with E-state index in [2.05, 4.69) is 24.4 Å². The van der Waals surface area contributed by atoms with Gasteiger partial charge in [-0.1, -0.05) is 30.3 Å². The smallest absolute Gasteiger partial charge is 0.159 e. The molecule has 2 aromatic carbocycles. The number of carbonyl (C=O) groups excluding carboxylic acids is 1. The predicted octanol–water partition coefficient (Wildman–Crippen LogP) is 1.95. The Labute approximate surface area is 137 Å². The van der Waals surface area contributed by atoms with Crippen molar-refractivity contribution in [3.8, 4) is 5.75 Å². The average Bonchev–Trinajstić information content (AvgIpc) is 2.59. The SMILES string of the molecule is CC(=O)c1ccc(OC[C@@H](O)C[NH2+][C@@H](C)c2ccccc2)cc1. The van der Waals surface area contributed by atoms with E-state index < -0.39 is 6.10 Å². The lowest BCUT2D eigenvalue weighted by Crippen LogP contribution is -2.87. The van der Waals surface area contributed by atoms with Crippen LogP contribution in [0.15, 0.2) is 54.6 Å². The Morgan fingerprint density at radius 2 is 1.78 bits per heavy atom. The number of rotatable bonds is 8. The molecular formula is C19H24NO3+. The molecular weight excluding hydrogens is 290 g/mol. The van der Waals surface area contributed by atoms with Crippen LogP contribution < -0.4 is 10.1 Å². The Bertz CT molecular complexity index is 610. The molecule has 23 heavy (non-hydrogen) atoms. The van der Waals surface area contributed by atoms with E-state index in [0.29, 0.717) is 23.9 Å². The predicted molar refractivity (Wildman–Crippen MR) is 89.6 cm³/mol. The third kappa shape index (κ3) is 5.51. The van der Waals surface area contributed by atoms with Crippen molar-refractivity contribution < 1.29 is 20.0 Å². The van der Waals surface area contributed by atoms with Gasteiger partial charge in [-0.2, -0.15) is 0 Å². The van der Waals surface area contributed by atoms with Crippen LogP contribution in [0.5, 0.6) is 5.75 Å².